The molecule has 0 bridgehead atoms. The molecule has 1 heterocycles. The van der Waals surface area contributed by atoms with Crippen molar-refractivity contribution in [2.24, 2.45) is 0 Å². The second-order valence-corrected chi connectivity index (χ2v) is 24.5. The van der Waals surface area contributed by atoms with Crippen LogP contribution in [0.2, 0.25) is 0 Å². The molecule has 1 aliphatic heterocycles. The molecule has 0 aromatic rings. The predicted octanol–water partition coefficient (Wildman–Crippen LogP) is 7.89. The van der Waals surface area contributed by atoms with Crippen LogP contribution in [0.5, 0.6) is 0 Å². The van der Waals surface area contributed by atoms with E-state index >= 15 is 0 Å². The third-order valence-corrected chi connectivity index (χ3v) is 21.1. The van der Waals surface area contributed by atoms with Gasteiger partial charge in [0.15, 0.2) is 0 Å². The summed E-state index contributed by atoms with van der Waals surface area (Å²) in [4.78, 5) is -7.45. The Labute approximate surface area is 138 Å². The van der Waals surface area contributed by atoms with Crippen LogP contribution in [0.25, 0.3) is 0 Å². The Morgan fingerprint density at radius 2 is 0.944 bits per heavy atom. The topological polar surface area (TPSA) is 6.48 Å². The first-order valence-electron chi connectivity index (χ1n) is 5.86. The van der Waals surface area contributed by atoms with Gasteiger partial charge in [-0.25, -0.2) is 0 Å². The third kappa shape index (κ3) is 3.14. The zero-order valence-electron chi connectivity index (χ0n) is 10.3. The SMILES string of the molecule is CCCCN1P(Cl)(Cl)(Cl)N(CCCC)P1(Cl)(Cl)Cl. The van der Waals surface area contributed by atoms with Crippen molar-refractivity contribution in [3.8, 4) is 0 Å². The second-order valence-electron chi connectivity index (χ2n) is 4.37. The van der Waals surface area contributed by atoms with E-state index in [0.29, 0.717) is 13.1 Å². The Kier molecular flexibility index (Phi) is 5.80. The van der Waals surface area contributed by atoms with E-state index in [4.69, 9.17) is 67.4 Å². The average Bonchev–Trinajstić information content (AvgIpc) is 2.14. The molecule has 0 spiro atoms. The van der Waals surface area contributed by atoms with E-state index in [1.807, 2.05) is 13.8 Å². The average molecular weight is 417 g/mol. The van der Waals surface area contributed by atoms with Gasteiger partial charge in [0.1, 0.15) is 0 Å². The summed E-state index contributed by atoms with van der Waals surface area (Å²) in [7, 11) is 0. The maximum atomic E-state index is 6.43. The summed E-state index contributed by atoms with van der Waals surface area (Å²) in [6.45, 7) is 5.13. The molecule has 0 saturated carbocycles. The molecular weight excluding hydrogens is 399 g/mol. The second kappa shape index (κ2) is 5.62. The molecular formula is C8H18Cl6N2P2. The van der Waals surface area contributed by atoms with E-state index in [2.05, 4.69) is 0 Å². The van der Waals surface area contributed by atoms with Gasteiger partial charge in [-0.3, -0.25) is 0 Å². The minimum atomic E-state index is -3.72. The standard InChI is InChI=1S/C8H18Cl6N2P2/c1-3-5-7-15-17(9,10,11)16(8-6-4-2)18(15,12,13)14/h3-8H2,1-2H3. The van der Waals surface area contributed by atoms with Crippen molar-refractivity contribution in [3.63, 3.8) is 0 Å². The van der Waals surface area contributed by atoms with E-state index in [-0.39, 0.29) is 0 Å². The Balaban J connectivity index is 2.99. The number of unbranched alkanes of at least 4 members (excludes halogenated alkanes) is 2. The molecule has 0 radical (unpaired) electrons. The van der Waals surface area contributed by atoms with Crippen LogP contribution in [-0.4, -0.2) is 22.0 Å². The Morgan fingerprint density at radius 1 is 0.667 bits per heavy atom. The van der Waals surface area contributed by atoms with Gasteiger partial charge in [0, 0.05) is 0 Å². The molecule has 0 aromatic heterocycles. The molecule has 0 aliphatic carbocycles. The van der Waals surface area contributed by atoms with Gasteiger partial charge in [0.05, 0.1) is 0 Å². The van der Waals surface area contributed by atoms with Crippen LogP contribution in [0.1, 0.15) is 39.5 Å². The van der Waals surface area contributed by atoms with E-state index in [1.54, 1.807) is 8.88 Å². The van der Waals surface area contributed by atoms with E-state index in [0.717, 1.165) is 25.7 Å². The fourth-order valence-corrected chi connectivity index (χ4v) is 31.0. The molecule has 112 valence electrons. The monoisotopic (exact) mass is 414 g/mol. The fourth-order valence-electron chi connectivity index (χ4n) is 1.89. The van der Waals surface area contributed by atoms with Crippen molar-refractivity contribution in [2.75, 3.05) is 13.1 Å². The van der Waals surface area contributed by atoms with Crippen LogP contribution in [0, 0.1) is 0 Å². The number of halogens is 6. The molecule has 2 nitrogen and oxygen atoms in total. The Bertz CT molecular complexity index is 275. The van der Waals surface area contributed by atoms with Crippen molar-refractivity contribution in [1.29, 1.82) is 0 Å². The number of rotatable bonds is 6. The molecule has 0 amide bonds. The zero-order chi connectivity index (χ0) is 14.3. The summed E-state index contributed by atoms with van der Waals surface area (Å²) in [5.74, 6) is 0. The molecule has 1 rings (SSSR count). The van der Waals surface area contributed by atoms with Gasteiger partial charge in [-0.15, -0.1) is 0 Å². The molecule has 0 aromatic carbocycles. The number of nitrogens with zero attached hydrogens (tertiary/aromatic N) is 2. The molecule has 0 unspecified atom stereocenters. The van der Waals surface area contributed by atoms with Crippen LogP contribution in [0.15, 0.2) is 0 Å². The van der Waals surface area contributed by atoms with Crippen molar-refractivity contribution < 1.29 is 0 Å². The Morgan fingerprint density at radius 3 is 1.17 bits per heavy atom. The fraction of sp³-hybridized carbons (Fsp3) is 1.00. The summed E-state index contributed by atoms with van der Waals surface area (Å²) >= 11 is 38.6. The van der Waals surface area contributed by atoms with Crippen LogP contribution in [0.3, 0.4) is 0 Å². The van der Waals surface area contributed by atoms with Crippen LogP contribution in [0.4, 0.5) is 0 Å². The van der Waals surface area contributed by atoms with Gasteiger partial charge in [-0.05, 0) is 0 Å². The normalized spacial score (nSPS) is 33.6. The molecule has 18 heavy (non-hydrogen) atoms. The minimum absolute atomic E-state index is 0.516. The van der Waals surface area contributed by atoms with Crippen molar-refractivity contribution in [2.45, 2.75) is 39.5 Å². The van der Waals surface area contributed by atoms with Gasteiger partial charge < -0.3 is 0 Å². The predicted molar refractivity (Wildman–Crippen MR) is 92.2 cm³/mol. The molecule has 0 atom stereocenters. The van der Waals surface area contributed by atoms with Gasteiger partial charge in [-0.2, -0.15) is 0 Å². The van der Waals surface area contributed by atoms with Crippen molar-refractivity contribution >= 4 is 77.4 Å². The first-order chi connectivity index (χ1) is 7.95. The van der Waals surface area contributed by atoms with Gasteiger partial charge in [0.25, 0.3) is 0 Å². The quantitative estimate of drug-likeness (QED) is 0.406. The summed E-state index contributed by atoms with van der Waals surface area (Å²) in [6.07, 6.45) is 3.60. The first-order valence-corrected chi connectivity index (χ1v) is 15.6. The van der Waals surface area contributed by atoms with E-state index in [9.17, 15) is 0 Å². The molecule has 1 saturated heterocycles. The van der Waals surface area contributed by atoms with Gasteiger partial charge in [-0.1, -0.05) is 0 Å². The van der Waals surface area contributed by atoms with E-state index in [1.165, 1.54) is 0 Å². The number of hydrogen-bond donors (Lipinski definition) is 0. The molecule has 1 fully saturated rings. The molecule has 0 N–H and O–H groups in total. The Hall–Kier alpha value is 2.52. The molecule has 1 aliphatic rings. The van der Waals surface area contributed by atoms with Gasteiger partial charge >= 0.3 is 139 Å². The number of hydrogen-bond acceptors (Lipinski definition) is 2. The van der Waals surface area contributed by atoms with Gasteiger partial charge in [0.2, 0.25) is 0 Å². The summed E-state index contributed by atoms with van der Waals surface area (Å²) in [5.41, 5.74) is 0. The zero-order valence-corrected chi connectivity index (χ0v) is 16.6. The molecule has 10 heteroatoms. The third-order valence-electron chi connectivity index (χ3n) is 2.88. The van der Waals surface area contributed by atoms with Crippen LogP contribution < -0.4 is 0 Å². The van der Waals surface area contributed by atoms with Crippen molar-refractivity contribution in [1.82, 2.24) is 8.88 Å². The van der Waals surface area contributed by atoms with E-state index < -0.39 is 9.93 Å². The summed E-state index contributed by atoms with van der Waals surface area (Å²) in [5, 5.41) is 0. The van der Waals surface area contributed by atoms with Crippen molar-refractivity contribution in [3.05, 3.63) is 0 Å². The van der Waals surface area contributed by atoms with Crippen LogP contribution >= 0.6 is 77.4 Å². The summed E-state index contributed by atoms with van der Waals surface area (Å²) in [6, 6.07) is 0. The maximum absolute atomic E-state index is 6.43. The first kappa shape index (κ1) is 18.6. The van der Waals surface area contributed by atoms with Crippen LogP contribution in [-0.2, 0) is 0 Å². The summed E-state index contributed by atoms with van der Waals surface area (Å²) < 4.78 is 3.09.